The van der Waals surface area contributed by atoms with Crippen LogP contribution < -0.4 is 5.32 Å². The molecule has 1 aromatic carbocycles. The molecule has 1 N–H and O–H groups in total. The third kappa shape index (κ3) is 5.00. The highest BCUT2D eigenvalue weighted by molar-refractivity contribution is 5.87. The molecule has 0 bridgehead atoms. The van der Waals surface area contributed by atoms with Crippen LogP contribution in [0.15, 0.2) is 18.2 Å². The molecule has 0 aliphatic heterocycles. The van der Waals surface area contributed by atoms with Crippen molar-refractivity contribution in [2.45, 2.75) is 96.8 Å². The Kier molecular flexibility index (Phi) is 6.86. The highest BCUT2D eigenvalue weighted by atomic mass is 16.2. The van der Waals surface area contributed by atoms with Crippen molar-refractivity contribution in [2.24, 2.45) is 0 Å². The maximum Gasteiger partial charge on any atom is 0.247 e. The summed E-state index contributed by atoms with van der Waals surface area (Å²) in [7, 11) is 0. The van der Waals surface area contributed by atoms with Gasteiger partial charge in [-0.2, -0.15) is 4.80 Å². The van der Waals surface area contributed by atoms with Gasteiger partial charge in [-0.25, -0.2) is 0 Å². The Morgan fingerprint density at radius 2 is 1.78 bits per heavy atom. The number of nitrogens with zero attached hydrogens (tertiary/aromatic N) is 5. The van der Waals surface area contributed by atoms with Gasteiger partial charge in [0.25, 0.3) is 0 Å². The fraction of sp³-hybridized carbons (Fsp3) is 0.625. The third-order valence-electron chi connectivity index (χ3n) is 7.00. The zero-order valence-corrected chi connectivity index (χ0v) is 19.4. The largest absolute Gasteiger partial charge is 0.352 e. The summed E-state index contributed by atoms with van der Waals surface area (Å²) >= 11 is 0. The summed E-state index contributed by atoms with van der Waals surface area (Å²) < 4.78 is 0. The van der Waals surface area contributed by atoms with Gasteiger partial charge < -0.3 is 10.2 Å². The van der Waals surface area contributed by atoms with Gasteiger partial charge in [-0.15, -0.1) is 10.2 Å². The standard InChI is InChI=1S/C24H34N6O2/c1-16-12-13-19(14-17(16)2)23-26-28-29(27-23)15-22(31)30(21-10-6-7-11-21)18(3)24(32)25-20-8-4-5-9-20/h12-14,18,20-21H,4-11,15H2,1-3H3,(H,25,32). The number of hydrogen-bond acceptors (Lipinski definition) is 5. The molecule has 2 aliphatic carbocycles. The minimum Gasteiger partial charge on any atom is -0.352 e. The van der Waals surface area contributed by atoms with E-state index in [1.165, 1.54) is 10.4 Å². The van der Waals surface area contributed by atoms with Crippen molar-refractivity contribution in [3.63, 3.8) is 0 Å². The van der Waals surface area contributed by atoms with Gasteiger partial charge in [0.05, 0.1) is 0 Å². The van der Waals surface area contributed by atoms with Crippen molar-refractivity contribution in [1.29, 1.82) is 0 Å². The highest BCUT2D eigenvalue weighted by Crippen LogP contribution is 2.26. The number of aryl methyl sites for hydroxylation is 2. The van der Waals surface area contributed by atoms with E-state index >= 15 is 0 Å². The van der Waals surface area contributed by atoms with Crippen LogP contribution in [0.25, 0.3) is 11.4 Å². The molecule has 2 fully saturated rings. The van der Waals surface area contributed by atoms with Crippen LogP contribution in [0.5, 0.6) is 0 Å². The van der Waals surface area contributed by atoms with Gasteiger partial charge in [-0.3, -0.25) is 9.59 Å². The molecule has 1 atom stereocenters. The molecule has 0 saturated heterocycles. The Bertz CT molecular complexity index is 959. The average Bonchev–Trinajstić information content (AvgIpc) is 3.53. The molecule has 172 valence electrons. The minimum absolute atomic E-state index is 0.0185. The zero-order valence-electron chi connectivity index (χ0n) is 19.4. The Morgan fingerprint density at radius 1 is 1.09 bits per heavy atom. The van der Waals surface area contributed by atoms with Crippen molar-refractivity contribution in [3.05, 3.63) is 29.3 Å². The molecule has 8 heteroatoms. The van der Waals surface area contributed by atoms with Gasteiger partial charge in [0.2, 0.25) is 17.6 Å². The number of benzene rings is 1. The Labute approximate surface area is 189 Å². The fourth-order valence-electron chi connectivity index (χ4n) is 4.95. The first-order valence-electron chi connectivity index (χ1n) is 11.9. The zero-order chi connectivity index (χ0) is 22.7. The minimum atomic E-state index is -0.506. The number of amides is 2. The van der Waals surface area contributed by atoms with Crippen LogP contribution in [0.2, 0.25) is 0 Å². The maximum atomic E-state index is 13.3. The molecule has 2 amide bonds. The predicted molar refractivity (Wildman–Crippen MR) is 122 cm³/mol. The second-order valence-corrected chi connectivity index (χ2v) is 9.35. The van der Waals surface area contributed by atoms with Crippen molar-refractivity contribution in [3.8, 4) is 11.4 Å². The number of aromatic nitrogens is 4. The van der Waals surface area contributed by atoms with E-state index in [0.29, 0.717) is 5.82 Å². The van der Waals surface area contributed by atoms with Crippen molar-refractivity contribution in [1.82, 2.24) is 30.4 Å². The molecule has 32 heavy (non-hydrogen) atoms. The molecule has 0 spiro atoms. The topological polar surface area (TPSA) is 93.0 Å². The lowest BCUT2D eigenvalue weighted by Crippen LogP contribution is -2.54. The summed E-state index contributed by atoms with van der Waals surface area (Å²) in [6.45, 7) is 5.93. The first-order valence-corrected chi connectivity index (χ1v) is 11.9. The van der Waals surface area contributed by atoms with Crippen LogP contribution in [0.1, 0.15) is 69.4 Å². The Hall–Kier alpha value is -2.77. The van der Waals surface area contributed by atoms with E-state index < -0.39 is 6.04 Å². The summed E-state index contributed by atoms with van der Waals surface area (Å²) in [6.07, 6.45) is 8.42. The highest BCUT2D eigenvalue weighted by Gasteiger charge is 2.35. The lowest BCUT2D eigenvalue weighted by Gasteiger charge is -2.34. The van der Waals surface area contributed by atoms with E-state index in [0.717, 1.165) is 62.5 Å². The lowest BCUT2D eigenvalue weighted by atomic mass is 10.1. The first kappa shape index (κ1) is 22.4. The number of carbonyl (C=O) groups is 2. The SMILES string of the molecule is Cc1ccc(-c2nnn(CC(=O)N(C3CCCC3)C(C)C(=O)NC3CCCC3)n2)cc1C. The predicted octanol–water partition coefficient (Wildman–Crippen LogP) is 3.18. The summed E-state index contributed by atoms with van der Waals surface area (Å²) in [5.41, 5.74) is 3.24. The number of carbonyl (C=O) groups excluding carboxylic acids is 2. The number of hydrogen-bond donors (Lipinski definition) is 1. The second kappa shape index (κ2) is 9.79. The van der Waals surface area contributed by atoms with E-state index in [4.69, 9.17) is 0 Å². The van der Waals surface area contributed by atoms with Gasteiger partial charge in [-0.1, -0.05) is 37.8 Å². The van der Waals surface area contributed by atoms with Gasteiger partial charge in [-0.05, 0) is 68.9 Å². The van der Waals surface area contributed by atoms with Crippen molar-refractivity contribution >= 4 is 11.8 Å². The third-order valence-corrected chi connectivity index (χ3v) is 7.00. The molecule has 2 aliphatic rings. The van der Waals surface area contributed by atoms with Gasteiger partial charge in [0.1, 0.15) is 12.6 Å². The van der Waals surface area contributed by atoms with Crippen LogP contribution >= 0.6 is 0 Å². The van der Waals surface area contributed by atoms with Gasteiger partial charge in [0.15, 0.2) is 0 Å². The quantitative estimate of drug-likeness (QED) is 0.717. The number of nitrogens with one attached hydrogen (secondary N) is 1. The van der Waals surface area contributed by atoms with Crippen molar-refractivity contribution < 1.29 is 9.59 Å². The van der Waals surface area contributed by atoms with E-state index in [-0.39, 0.29) is 30.4 Å². The van der Waals surface area contributed by atoms with Crippen LogP contribution in [0.4, 0.5) is 0 Å². The smallest absolute Gasteiger partial charge is 0.247 e. The Morgan fingerprint density at radius 3 is 2.47 bits per heavy atom. The molecular formula is C24H34N6O2. The molecule has 4 rings (SSSR count). The van der Waals surface area contributed by atoms with Crippen LogP contribution in [0, 0.1) is 13.8 Å². The van der Waals surface area contributed by atoms with Crippen LogP contribution in [-0.4, -0.2) is 55.0 Å². The molecule has 2 saturated carbocycles. The normalized spacial score (nSPS) is 18.1. The molecular weight excluding hydrogens is 404 g/mol. The molecule has 2 aromatic rings. The second-order valence-electron chi connectivity index (χ2n) is 9.35. The molecule has 0 radical (unpaired) electrons. The monoisotopic (exact) mass is 438 g/mol. The van der Waals surface area contributed by atoms with E-state index in [2.05, 4.69) is 27.7 Å². The first-order chi connectivity index (χ1) is 15.4. The summed E-state index contributed by atoms with van der Waals surface area (Å²) in [5.74, 6) is 0.315. The van der Waals surface area contributed by atoms with Crippen LogP contribution in [-0.2, 0) is 16.1 Å². The Balaban J connectivity index is 1.47. The average molecular weight is 439 g/mol. The molecule has 1 unspecified atom stereocenters. The molecule has 1 aromatic heterocycles. The summed E-state index contributed by atoms with van der Waals surface area (Å²) in [5, 5.41) is 15.8. The number of tetrazole rings is 1. The van der Waals surface area contributed by atoms with E-state index in [1.807, 2.05) is 32.0 Å². The van der Waals surface area contributed by atoms with E-state index in [9.17, 15) is 9.59 Å². The van der Waals surface area contributed by atoms with Gasteiger partial charge >= 0.3 is 0 Å². The molecule has 8 nitrogen and oxygen atoms in total. The summed E-state index contributed by atoms with van der Waals surface area (Å²) in [4.78, 5) is 29.4. The van der Waals surface area contributed by atoms with Crippen molar-refractivity contribution in [2.75, 3.05) is 0 Å². The fourth-order valence-corrected chi connectivity index (χ4v) is 4.95. The lowest BCUT2D eigenvalue weighted by molar-refractivity contribution is -0.143. The maximum absolute atomic E-state index is 13.3. The summed E-state index contributed by atoms with van der Waals surface area (Å²) in [6, 6.07) is 5.85. The van der Waals surface area contributed by atoms with Gasteiger partial charge in [0, 0.05) is 17.6 Å². The van der Waals surface area contributed by atoms with Crippen LogP contribution in [0.3, 0.4) is 0 Å². The molecule has 1 heterocycles. The number of rotatable bonds is 7. The van der Waals surface area contributed by atoms with E-state index in [1.54, 1.807) is 4.90 Å².